The lowest BCUT2D eigenvalue weighted by Crippen LogP contribution is -2.42. The van der Waals surface area contributed by atoms with Gasteiger partial charge in [0.25, 0.3) is 0 Å². The Hall–Kier alpha value is -1.84. The van der Waals surface area contributed by atoms with Crippen LogP contribution in [0.5, 0.6) is 0 Å². The molecule has 2 saturated carbocycles. The van der Waals surface area contributed by atoms with Crippen LogP contribution in [0.15, 0.2) is 37.5 Å². The molecule has 118 valence electrons. The first-order chi connectivity index (χ1) is 10.7. The molecule has 0 aromatic heterocycles. The van der Waals surface area contributed by atoms with E-state index >= 15 is 0 Å². The molecule has 0 spiro atoms. The molecule has 0 aromatic rings. The van der Waals surface area contributed by atoms with Crippen LogP contribution in [-0.4, -0.2) is 25.2 Å². The van der Waals surface area contributed by atoms with Gasteiger partial charge in [-0.3, -0.25) is 9.59 Å². The van der Waals surface area contributed by atoms with Crippen molar-refractivity contribution in [2.24, 2.45) is 35.5 Å². The van der Waals surface area contributed by atoms with Gasteiger partial charge in [-0.2, -0.15) is 0 Å². The SMILES string of the molecule is C=CCOC(=O)C1C2CC(C3CC=CC32)C1C(=O)OCC=C. The van der Waals surface area contributed by atoms with E-state index in [1.54, 1.807) is 12.2 Å². The largest absolute Gasteiger partial charge is 0.461 e. The summed E-state index contributed by atoms with van der Waals surface area (Å²) in [5, 5.41) is 0. The number of carbonyl (C=O) groups is 2. The van der Waals surface area contributed by atoms with Gasteiger partial charge in [-0.05, 0) is 36.5 Å². The van der Waals surface area contributed by atoms with Crippen LogP contribution in [0.1, 0.15) is 12.8 Å². The van der Waals surface area contributed by atoms with Crippen molar-refractivity contribution in [3.8, 4) is 0 Å². The normalized spacial score (nSPS) is 37.6. The van der Waals surface area contributed by atoms with Crippen LogP contribution >= 0.6 is 0 Å². The Morgan fingerprint density at radius 2 is 1.59 bits per heavy atom. The van der Waals surface area contributed by atoms with E-state index in [-0.39, 0.29) is 48.8 Å². The van der Waals surface area contributed by atoms with E-state index < -0.39 is 0 Å². The first-order valence-electron chi connectivity index (χ1n) is 7.90. The van der Waals surface area contributed by atoms with E-state index in [4.69, 9.17) is 9.47 Å². The van der Waals surface area contributed by atoms with Crippen molar-refractivity contribution in [2.75, 3.05) is 13.2 Å². The summed E-state index contributed by atoms with van der Waals surface area (Å²) in [5.41, 5.74) is 0. The van der Waals surface area contributed by atoms with Gasteiger partial charge in [0.2, 0.25) is 0 Å². The van der Waals surface area contributed by atoms with Crippen LogP contribution in [0.3, 0.4) is 0 Å². The maximum atomic E-state index is 12.5. The van der Waals surface area contributed by atoms with E-state index in [1.165, 1.54) is 0 Å². The lowest BCUT2D eigenvalue weighted by molar-refractivity contribution is -0.164. The molecule has 4 heteroatoms. The topological polar surface area (TPSA) is 52.6 Å². The van der Waals surface area contributed by atoms with Crippen molar-refractivity contribution < 1.29 is 19.1 Å². The molecule has 4 nitrogen and oxygen atoms in total. The third-order valence-corrected chi connectivity index (χ3v) is 5.39. The van der Waals surface area contributed by atoms with E-state index in [0.717, 1.165) is 12.8 Å². The van der Waals surface area contributed by atoms with Crippen LogP contribution in [0, 0.1) is 35.5 Å². The second kappa shape index (κ2) is 6.11. The Bertz CT molecular complexity index is 521. The predicted octanol–water partition coefficient (Wildman–Crippen LogP) is 2.52. The molecule has 6 unspecified atom stereocenters. The summed E-state index contributed by atoms with van der Waals surface area (Å²) in [6.45, 7) is 7.50. The molecule has 2 bridgehead atoms. The molecule has 2 fully saturated rings. The van der Waals surface area contributed by atoms with Gasteiger partial charge < -0.3 is 9.47 Å². The molecular formula is C18H22O4. The van der Waals surface area contributed by atoms with Gasteiger partial charge in [-0.25, -0.2) is 0 Å². The number of rotatable bonds is 6. The highest BCUT2D eigenvalue weighted by Gasteiger charge is 2.63. The molecule has 3 rings (SSSR count). The number of esters is 2. The second-order valence-electron chi connectivity index (χ2n) is 6.36. The zero-order valence-corrected chi connectivity index (χ0v) is 12.6. The van der Waals surface area contributed by atoms with Crippen LogP contribution in [0.25, 0.3) is 0 Å². The number of ether oxygens (including phenoxy) is 2. The number of fused-ring (bicyclic) bond motifs is 5. The van der Waals surface area contributed by atoms with Crippen LogP contribution < -0.4 is 0 Å². The summed E-state index contributed by atoms with van der Waals surface area (Å²) in [4.78, 5) is 24.9. The summed E-state index contributed by atoms with van der Waals surface area (Å²) >= 11 is 0. The van der Waals surface area contributed by atoms with Gasteiger partial charge in [0.15, 0.2) is 0 Å². The first-order valence-corrected chi connectivity index (χ1v) is 7.90. The fraction of sp³-hybridized carbons (Fsp3) is 0.556. The quantitative estimate of drug-likeness (QED) is 0.559. The van der Waals surface area contributed by atoms with Crippen LogP contribution in [0.2, 0.25) is 0 Å². The average Bonchev–Trinajstić information content (AvgIpc) is 3.20. The van der Waals surface area contributed by atoms with Gasteiger partial charge in [-0.1, -0.05) is 37.5 Å². The Kier molecular flexibility index (Phi) is 4.19. The maximum Gasteiger partial charge on any atom is 0.310 e. The van der Waals surface area contributed by atoms with Crippen molar-refractivity contribution in [3.05, 3.63) is 37.5 Å². The second-order valence-corrected chi connectivity index (χ2v) is 6.36. The molecule has 3 aliphatic rings. The standard InChI is InChI=1S/C18H22O4/c1-3-8-21-17(19)15-13-10-14(12-7-5-6-11(12)13)16(15)18(20)22-9-4-2/h3-6,11-16H,1-2,7-10H2. The molecule has 0 heterocycles. The zero-order chi connectivity index (χ0) is 15.7. The Morgan fingerprint density at radius 3 is 2.18 bits per heavy atom. The third-order valence-electron chi connectivity index (χ3n) is 5.39. The van der Waals surface area contributed by atoms with Gasteiger partial charge >= 0.3 is 11.9 Å². The van der Waals surface area contributed by atoms with Crippen LogP contribution in [-0.2, 0) is 19.1 Å². The van der Waals surface area contributed by atoms with E-state index in [2.05, 4.69) is 25.3 Å². The summed E-state index contributed by atoms with van der Waals surface area (Å²) in [5.74, 6) is 0.0000930. The summed E-state index contributed by atoms with van der Waals surface area (Å²) in [6, 6.07) is 0. The van der Waals surface area contributed by atoms with Gasteiger partial charge in [0, 0.05) is 0 Å². The minimum Gasteiger partial charge on any atom is -0.461 e. The van der Waals surface area contributed by atoms with Crippen molar-refractivity contribution in [1.82, 2.24) is 0 Å². The molecular weight excluding hydrogens is 280 g/mol. The molecule has 0 N–H and O–H groups in total. The first kappa shape index (κ1) is 15.1. The smallest absolute Gasteiger partial charge is 0.310 e. The lowest BCUT2D eigenvalue weighted by Gasteiger charge is -2.35. The molecule has 22 heavy (non-hydrogen) atoms. The fourth-order valence-electron chi connectivity index (χ4n) is 4.71. The molecule has 6 atom stereocenters. The molecule has 3 aliphatic carbocycles. The van der Waals surface area contributed by atoms with Crippen molar-refractivity contribution in [1.29, 1.82) is 0 Å². The summed E-state index contributed by atoms with van der Waals surface area (Å²) < 4.78 is 10.5. The lowest BCUT2D eigenvalue weighted by atomic mass is 9.69. The van der Waals surface area contributed by atoms with Crippen LogP contribution in [0.4, 0.5) is 0 Å². The molecule has 0 aliphatic heterocycles. The monoisotopic (exact) mass is 302 g/mol. The Balaban J connectivity index is 1.81. The minimum absolute atomic E-state index is 0.186. The molecule has 0 aromatic carbocycles. The highest BCUT2D eigenvalue weighted by molar-refractivity contribution is 5.84. The highest BCUT2D eigenvalue weighted by atomic mass is 16.5. The molecule has 0 radical (unpaired) electrons. The average molecular weight is 302 g/mol. The number of hydrogen-bond donors (Lipinski definition) is 0. The van der Waals surface area contributed by atoms with E-state index in [1.807, 2.05) is 0 Å². The Labute approximate surface area is 130 Å². The minimum atomic E-state index is -0.383. The summed E-state index contributed by atoms with van der Waals surface area (Å²) in [6.07, 6.45) is 9.42. The Morgan fingerprint density at radius 1 is 1.00 bits per heavy atom. The fourth-order valence-corrected chi connectivity index (χ4v) is 4.71. The van der Waals surface area contributed by atoms with Gasteiger partial charge in [-0.15, -0.1) is 0 Å². The molecule has 0 saturated heterocycles. The van der Waals surface area contributed by atoms with E-state index in [0.29, 0.717) is 11.8 Å². The highest BCUT2D eigenvalue weighted by Crippen LogP contribution is 2.62. The van der Waals surface area contributed by atoms with Crippen molar-refractivity contribution >= 4 is 11.9 Å². The summed E-state index contributed by atoms with van der Waals surface area (Å²) in [7, 11) is 0. The maximum absolute atomic E-state index is 12.5. The third kappa shape index (κ3) is 2.31. The number of carbonyl (C=O) groups excluding carboxylic acids is 2. The number of allylic oxidation sites excluding steroid dienone is 2. The predicted molar refractivity (Wildman–Crippen MR) is 81.6 cm³/mol. The number of hydrogen-bond acceptors (Lipinski definition) is 4. The van der Waals surface area contributed by atoms with Gasteiger partial charge in [0.05, 0.1) is 11.8 Å². The van der Waals surface area contributed by atoms with Crippen molar-refractivity contribution in [3.63, 3.8) is 0 Å². The van der Waals surface area contributed by atoms with Gasteiger partial charge in [0.1, 0.15) is 13.2 Å². The van der Waals surface area contributed by atoms with Crippen molar-refractivity contribution in [2.45, 2.75) is 12.8 Å². The zero-order valence-electron chi connectivity index (χ0n) is 12.6. The molecule has 0 amide bonds. The van der Waals surface area contributed by atoms with E-state index in [9.17, 15) is 9.59 Å².